The number of carbonyl (C=O) groups is 2. The standard InChI is InChI=1S/C11H18N2O3/c1-6(2)9(11(15)16)13-10(14)7-3-4-8(12)5-7/h3-4,6-9H,5,12H2,1-2H3,(H,13,14)(H,15,16). The molecule has 90 valence electrons. The average molecular weight is 226 g/mol. The minimum Gasteiger partial charge on any atom is -0.480 e. The third-order valence-electron chi connectivity index (χ3n) is 2.68. The second-order valence-corrected chi connectivity index (χ2v) is 4.46. The maximum absolute atomic E-state index is 11.7. The minimum absolute atomic E-state index is 0.0990. The maximum Gasteiger partial charge on any atom is 0.326 e. The molecule has 0 spiro atoms. The Labute approximate surface area is 94.7 Å². The highest BCUT2D eigenvalue weighted by molar-refractivity contribution is 5.86. The van der Waals surface area contributed by atoms with Crippen molar-refractivity contribution < 1.29 is 14.7 Å². The number of nitrogens with two attached hydrogens (primary N) is 1. The highest BCUT2D eigenvalue weighted by Crippen LogP contribution is 2.17. The predicted octanol–water partition coefficient (Wildman–Crippen LogP) is 0.115. The van der Waals surface area contributed by atoms with Crippen molar-refractivity contribution in [3.63, 3.8) is 0 Å². The Bertz CT molecular complexity index is 312. The molecule has 1 rings (SSSR count). The summed E-state index contributed by atoms with van der Waals surface area (Å²) in [5.41, 5.74) is 5.63. The van der Waals surface area contributed by atoms with Gasteiger partial charge in [0.05, 0.1) is 5.92 Å². The van der Waals surface area contributed by atoms with Gasteiger partial charge in [-0.1, -0.05) is 26.0 Å². The van der Waals surface area contributed by atoms with Crippen molar-refractivity contribution in [2.75, 3.05) is 0 Å². The van der Waals surface area contributed by atoms with Gasteiger partial charge in [-0.3, -0.25) is 4.79 Å². The first kappa shape index (κ1) is 12.7. The topological polar surface area (TPSA) is 92.4 Å². The fraction of sp³-hybridized carbons (Fsp3) is 0.636. The highest BCUT2D eigenvalue weighted by Gasteiger charge is 2.28. The molecule has 5 heteroatoms. The van der Waals surface area contributed by atoms with Crippen molar-refractivity contribution >= 4 is 11.9 Å². The molecule has 0 aromatic rings. The van der Waals surface area contributed by atoms with E-state index in [1.54, 1.807) is 26.0 Å². The summed E-state index contributed by atoms with van der Waals surface area (Å²) in [5.74, 6) is -1.70. The van der Waals surface area contributed by atoms with Crippen molar-refractivity contribution in [2.24, 2.45) is 17.6 Å². The number of carbonyl (C=O) groups excluding carboxylic acids is 1. The van der Waals surface area contributed by atoms with Crippen molar-refractivity contribution in [3.05, 3.63) is 12.2 Å². The number of carboxylic acids is 1. The van der Waals surface area contributed by atoms with Crippen molar-refractivity contribution in [3.8, 4) is 0 Å². The molecule has 0 aromatic carbocycles. The van der Waals surface area contributed by atoms with Gasteiger partial charge in [0.15, 0.2) is 0 Å². The van der Waals surface area contributed by atoms with Gasteiger partial charge in [-0.05, 0) is 12.3 Å². The van der Waals surface area contributed by atoms with Crippen molar-refractivity contribution in [1.82, 2.24) is 5.32 Å². The molecule has 0 heterocycles. The van der Waals surface area contributed by atoms with Crippen LogP contribution in [0.15, 0.2) is 12.2 Å². The summed E-state index contributed by atoms with van der Waals surface area (Å²) >= 11 is 0. The molecule has 5 nitrogen and oxygen atoms in total. The number of carboxylic acid groups (broad SMARTS) is 1. The molecule has 0 fully saturated rings. The molecular weight excluding hydrogens is 208 g/mol. The van der Waals surface area contributed by atoms with Crippen LogP contribution in [-0.4, -0.2) is 29.1 Å². The second-order valence-electron chi connectivity index (χ2n) is 4.46. The second kappa shape index (κ2) is 5.12. The number of aliphatic carboxylic acids is 1. The monoisotopic (exact) mass is 226 g/mol. The van der Waals surface area contributed by atoms with Gasteiger partial charge in [-0.25, -0.2) is 4.79 Å². The fourth-order valence-electron chi connectivity index (χ4n) is 1.70. The number of amides is 1. The summed E-state index contributed by atoms with van der Waals surface area (Å²) < 4.78 is 0. The Balaban J connectivity index is 2.56. The molecule has 0 saturated carbocycles. The van der Waals surface area contributed by atoms with Crippen LogP contribution in [0.1, 0.15) is 20.3 Å². The zero-order valence-electron chi connectivity index (χ0n) is 9.51. The van der Waals surface area contributed by atoms with Crippen LogP contribution in [0.2, 0.25) is 0 Å². The van der Waals surface area contributed by atoms with E-state index in [1.807, 2.05) is 0 Å². The summed E-state index contributed by atoms with van der Waals surface area (Å²) in [4.78, 5) is 22.6. The Morgan fingerprint density at radius 1 is 1.44 bits per heavy atom. The minimum atomic E-state index is -1.00. The third kappa shape index (κ3) is 3.06. The molecule has 3 atom stereocenters. The van der Waals surface area contributed by atoms with Crippen LogP contribution in [-0.2, 0) is 9.59 Å². The molecule has 0 radical (unpaired) electrons. The van der Waals surface area contributed by atoms with Crippen LogP contribution in [0.4, 0.5) is 0 Å². The molecular formula is C11H18N2O3. The van der Waals surface area contributed by atoms with Gasteiger partial charge in [0.2, 0.25) is 5.91 Å². The summed E-state index contributed by atoms with van der Waals surface area (Å²) in [6.07, 6.45) is 4.06. The van der Waals surface area contributed by atoms with E-state index in [2.05, 4.69) is 5.32 Å². The van der Waals surface area contributed by atoms with Crippen LogP contribution in [0, 0.1) is 11.8 Å². The summed E-state index contributed by atoms with van der Waals surface area (Å²) in [6, 6.07) is -0.934. The van der Waals surface area contributed by atoms with Gasteiger partial charge >= 0.3 is 5.97 Å². The molecule has 0 bridgehead atoms. The lowest BCUT2D eigenvalue weighted by Gasteiger charge is -2.19. The quantitative estimate of drug-likeness (QED) is 0.593. The first-order chi connectivity index (χ1) is 7.41. The average Bonchev–Trinajstić information content (AvgIpc) is 2.59. The Morgan fingerprint density at radius 3 is 2.44 bits per heavy atom. The van der Waals surface area contributed by atoms with Crippen LogP contribution < -0.4 is 11.1 Å². The van der Waals surface area contributed by atoms with Crippen molar-refractivity contribution in [2.45, 2.75) is 32.4 Å². The van der Waals surface area contributed by atoms with E-state index in [0.717, 1.165) is 0 Å². The Kier molecular flexibility index (Phi) is 4.06. The molecule has 1 aliphatic rings. The van der Waals surface area contributed by atoms with E-state index in [1.165, 1.54) is 0 Å². The summed E-state index contributed by atoms with van der Waals surface area (Å²) in [7, 11) is 0. The predicted molar refractivity (Wildman–Crippen MR) is 59.6 cm³/mol. The lowest BCUT2D eigenvalue weighted by Crippen LogP contribution is -2.46. The van der Waals surface area contributed by atoms with Crippen LogP contribution in [0.5, 0.6) is 0 Å². The molecule has 0 aromatic heterocycles. The molecule has 1 aliphatic carbocycles. The summed E-state index contributed by atoms with van der Waals surface area (Å²) in [6.45, 7) is 3.52. The van der Waals surface area contributed by atoms with E-state index in [4.69, 9.17) is 10.8 Å². The number of hydrogen-bond donors (Lipinski definition) is 3. The van der Waals surface area contributed by atoms with Gasteiger partial charge in [0.1, 0.15) is 6.04 Å². The smallest absolute Gasteiger partial charge is 0.326 e. The van der Waals surface area contributed by atoms with E-state index in [0.29, 0.717) is 6.42 Å². The largest absolute Gasteiger partial charge is 0.480 e. The number of hydrogen-bond acceptors (Lipinski definition) is 3. The van der Waals surface area contributed by atoms with Crippen LogP contribution >= 0.6 is 0 Å². The van der Waals surface area contributed by atoms with Gasteiger partial charge < -0.3 is 16.2 Å². The SMILES string of the molecule is CC(C)C(NC(=O)C1C=CC(N)C1)C(=O)O. The zero-order valence-corrected chi connectivity index (χ0v) is 9.51. The van der Waals surface area contributed by atoms with Gasteiger partial charge in [-0.2, -0.15) is 0 Å². The van der Waals surface area contributed by atoms with Gasteiger partial charge in [0.25, 0.3) is 0 Å². The van der Waals surface area contributed by atoms with Crippen LogP contribution in [0.3, 0.4) is 0 Å². The lowest BCUT2D eigenvalue weighted by molar-refractivity contribution is -0.143. The summed E-state index contributed by atoms with van der Waals surface area (Å²) in [5, 5.41) is 11.5. The zero-order chi connectivity index (χ0) is 12.3. The Morgan fingerprint density at radius 2 is 2.06 bits per heavy atom. The van der Waals surface area contributed by atoms with Crippen molar-refractivity contribution in [1.29, 1.82) is 0 Å². The molecule has 0 saturated heterocycles. The number of rotatable bonds is 4. The van der Waals surface area contributed by atoms with Crippen LogP contribution in [0.25, 0.3) is 0 Å². The molecule has 3 unspecified atom stereocenters. The van der Waals surface area contributed by atoms with E-state index < -0.39 is 12.0 Å². The normalized spacial score (nSPS) is 25.8. The van der Waals surface area contributed by atoms with E-state index >= 15 is 0 Å². The Hall–Kier alpha value is -1.36. The molecule has 1 amide bonds. The lowest BCUT2D eigenvalue weighted by atomic mass is 10.0. The van der Waals surface area contributed by atoms with E-state index in [-0.39, 0.29) is 23.8 Å². The molecule has 0 aliphatic heterocycles. The molecule has 16 heavy (non-hydrogen) atoms. The first-order valence-corrected chi connectivity index (χ1v) is 5.39. The third-order valence-corrected chi connectivity index (χ3v) is 2.68. The van der Waals surface area contributed by atoms with Gasteiger partial charge in [0, 0.05) is 6.04 Å². The van der Waals surface area contributed by atoms with Gasteiger partial charge in [-0.15, -0.1) is 0 Å². The first-order valence-electron chi connectivity index (χ1n) is 5.39. The van der Waals surface area contributed by atoms with E-state index in [9.17, 15) is 9.59 Å². The number of nitrogens with one attached hydrogen (secondary N) is 1. The maximum atomic E-state index is 11.7. The molecule has 4 N–H and O–H groups in total. The fourth-order valence-corrected chi connectivity index (χ4v) is 1.70. The highest BCUT2D eigenvalue weighted by atomic mass is 16.4.